The van der Waals surface area contributed by atoms with Crippen molar-refractivity contribution in [1.82, 2.24) is 5.32 Å². The van der Waals surface area contributed by atoms with E-state index in [9.17, 15) is 14.7 Å². The zero-order valence-corrected chi connectivity index (χ0v) is 14.7. The molecule has 2 aromatic rings. The van der Waals surface area contributed by atoms with Crippen LogP contribution < -0.4 is 11.1 Å². The van der Waals surface area contributed by atoms with Gasteiger partial charge >= 0.3 is 5.97 Å². The lowest BCUT2D eigenvalue weighted by Gasteiger charge is -2.32. The van der Waals surface area contributed by atoms with Crippen LogP contribution in [0.3, 0.4) is 0 Å². The second-order valence-electron chi connectivity index (χ2n) is 6.12. The summed E-state index contributed by atoms with van der Waals surface area (Å²) in [5, 5.41) is 12.6. The fourth-order valence-corrected chi connectivity index (χ4v) is 2.86. The molecule has 0 saturated carbocycles. The van der Waals surface area contributed by atoms with Gasteiger partial charge in [0.05, 0.1) is 12.5 Å². The minimum atomic E-state index is -1.67. The summed E-state index contributed by atoms with van der Waals surface area (Å²) in [7, 11) is 1.40. The largest absolute Gasteiger partial charge is 0.479 e. The maximum Gasteiger partial charge on any atom is 0.336 e. The third-order valence-electron chi connectivity index (χ3n) is 4.31. The van der Waals surface area contributed by atoms with Gasteiger partial charge in [0.15, 0.2) is 5.54 Å². The van der Waals surface area contributed by atoms with Crippen LogP contribution in [0.4, 0.5) is 0 Å². The van der Waals surface area contributed by atoms with Crippen LogP contribution >= 0.6 is 0 Å². The number of benzene rings is 2. The highest BCUT2D eigenvalue weighted by Gasteiger charge is 2.43. The van der Waals surface area contributed by atoms with Gasteiger partial charge in [-0.1, -0.05) is 60.7 Å². The van der Waals surface area contributed by atoms with Gasteiger partial charge in [-0.05, 0) is 17.5 Å². The number of carboxylic acid groups (broad SMARTS) is 1. The van der Waals surface area contributed by atoms with Gasteiger partial charge in [0.1, 0.15) is 0 Å². The maximum absolute atomic E-state index is 12.8. The molecule has 0 heterocycles. The summed E-state index contributed by atoms with van der Waals surface area (Å²) in [5.41, 5.74) is 5.53. The summed E-state index contributed by atoms with van der Waals surface area (Å²) >= 11 is 0. The average Bonchev–Trinajstić information content (AvgIpc) is 2.66. The summed E-state index contributed by atoms with van der Waals surface area (Å²) in [5.74, 6) is -2.15. The van der Waals surface area contributed by atoms with Crippen molar-refractivity contribution in [2.45, 2.75) is 12.0 Å². The Morgan fingerprint density at radius 2 is 1.69 bits per heavy atom. The Kier molecular flexibility index (Phi) is 6.89. The standard InChI is InChI=1S/C20H24N2O4/c1-26-14-20(19(24)25,17-10-6-3-7-11-17)22-18(23)16(13-21)12-15-8-4-2-5-9-15/h2-11,16H,12-14,21H2,1H3,(H,22,23)(H,24,25). The molecular formula is C20H24N2O4. The summed E-state index contributed by atoms with van der Waals surface area (Å²) < 4.78 is 5.13. The van der Waals surface area contributed by atoms with E-state index in [0.29, 0.717) is 12.0 Å². The Balaban J connectivity index is 2.28. The van der Waals surface area contributed by atoms with Crippen LogP contribution in [0.2, 0.25) is 0 Å². The zero-order valence-electron chi connectivity index (χ0n) is 14.7. The molecule has 0 spiro atoms. The second kappa shape index (κ2) is 9.12. The van der Waals surface area contributed by atoms with Crippen molar-refractivity contribution in [1.29, 1.82) is 0 Å². The number of aliphatic carboxylic acids is 1. The van der Waals surface area contributed by atoms with Crippen molar-refractivity contribution < 1.29 is 19.4 Å². The van der Waals surface area contributed by atoms with Gasteiger partial charge in [0.2, 0.25) is 5.91 Å². The Labute approximate surface area is 153 Å². The van der Waals surface area contributed by atoms with Crippen LogP contribution in [0.5, 0.6) is 0 Å². The van der Waals surface area contributed by atoms with Gasteiger partial charge in [-0.15, -0.1) is 0 Å². The Morgan fingerprint density at radius 1 is 1.12 bits per heavy atom. The van der Waals surface area contributed by atoms with E-state index < -0.39 is 23.3 Å². The number of rotatable bonds is 9. The van der Waals surface area contributed by atoms with Crippen molar-refractivity contribution in [3.63, 3.8) is 0 Å². The molecule has 0 bridgehead atoms. The van der Waals surface area contributed by atoms with Crippen LogP contribution in [-0.2, 0) is 26.3 Å². The minimum Gasteiger partial charge on any atom is -0.479 e. The van der Waals surface area contributed by atoms with E-state index in [-0.39, 0.29) is 13.2 Å². The number of nitrogens with one attached hydrogen (secondary N) is 1. The first-order valence-corrected chi connectivity index (χ1v) is 8.37. The van der Waals surface area contributed by atoms with Gasteiger partial charge in [-0.3, -0.25) is 4.79 Å². The van der Waals surface area contributed by atoms with E-state index in [1.165, 1.54) is 7.11 Å². The minimum absolute atomic E-state index is 0.109. The van der Waals surface area contributed by atoms with Crippen LogP contribution in [-0.4, -0.2) is 37.2 Å². The molecule has 0 aromatic heterocycles. The molecule has 0 fully saturated rings. The quantitative estimate of drug-likeness (QED) is 0.633. The molecule has 2 unspecified atom stereocenters. The predicted octanol–water partition coefficient (Wildman–Crippen LogP) is 1.55. The summed E-state index contributed by atoms with van der Waals surface area (Å²) in [6.45, 7) is -0.0844. The Bertz CT molecular complexity index is 721. The predicted molar refractivity (Wildman–Crippen MR) is 98.5 cm³/mol. The summed E-state index contributed by atoms with van der Waals surface area (Å²) in [4.78, 5) is 24.9. The van der Waals surface area contributed by atoms with Gasteiger partial charge in [-0.2, -0.15) is 0 Å². The maximum atomic E-state index is 12.8. The Hall–Kier alpha value is -2.70. The number of hydrogen-bond acceptors (Lipinski definition) is 4. The normalized spacial score (nSPS) is 14.2. The number of carboxylic acids is 1. The number of ether oxygens (including phenoxy) is 1. The highest BCUT2D eigenvalue weighted by atomic mass is 16.5. The molecule has 2 rings (SSSR count). The number of methoxy groups -OCH3 is 1. The van der Waals surface area contributed by atoms with E-state index in [2.05, 4.69) is 5.32 Å². The van der Waals surface area contributed by atoms with E-state index in [4.69, 9.17) is 10.5 Å². The average molecular weight is 356 g/mol. The molecule has 0 aliphatic heterocycles. The van der Waals surface area contributed by atoms with Crippen molar-refractivity contribution in [2.75, 3.05) is 20.3 Å². The first kappa shape index (κ1) is 19.6. The molecule has 1 amide bonds. The molecule has 2 atom stereocenters. The number of carbonyl (C=O) groups excluding carboxylic acids is 1. The van der Waals surface area contributed by atoms with E-state index in [1.807, 2.05) is 30.3 Å². The third-order valence-corrected chi connectivity index (χ3v) is 4.31. The second-order valence-corrected chi connectivity index (χ2v) is 6.12. The topological polar surface area (TPSA) is 102 Å². The van der Waals surface area contributed by atoms with E-state index in [0.717, 1.165) is 5.56 Å². The molecule has 4 N–H and O–H groups in total. The lowest BCUT2D eigenvalue weighted by molar-refractivity contribution is -0.151. The number of amides is 1. The van der Waals surface area contributed by atoms with Gasteiger partial charge in [0, 0.05) is 13.7 Å². The van der Waals surface area contributed by atoms with Crippen molar-refractivity contribution in [2.24, 2.45) is 11.7 Å². The SMILES string of the molecule is COCC(NC(=O)C(CN)Cc1ccccc1)(C(=O)O)c1ccccc1. The fourth-order valence-electron chi connectivity index (χ4n) is 2.86. The van der Waals surface area contributed by atoms with Crippen LogP contribution in [0, 0.1) is 5.92 Å². The molecule has 26 heavy (non-hydrogen) atoms. The van der Waals surface area contributed by atoms with Gasteiger partial charge in [-0.25, -0.2) is 4.79 Å². The molecular weight excluding hydrogens is 332 g/mol. The Morgan fingerprint density at radius 3 is 2.19 bits per heavy atom. The van der Waals surface area contributed by atoms with Crippen molar-refractivity contribution in [3.05, 3.63) is 71.8 Å². The van der Waals surface area contributed by atoms with Crippen molar-refractivity contribution >= 4 is 11.9 Å². The molecule has 0 aliphatic rings. The molecule has 2 aromatic carbocycles. The van der Waals surface area contributed by atoms with Gasteiger partial charge < -0.3 is 20.9 Å². The number of nitrogens with two attached hydrogens (primary N) is 1. The first-order valence-electron chi connectivity index (χ1n) is 8.37. The number of carbonyl (C=O) groups is 2. The van der Waals surface area contributed by atoms with Crippen LogP contribution in [0.1, 0.15) is 11.1 Å². The molecule has 138 valence electrons. The summed E-state index contributed by atoms with van der Waals surface area (Å²) in [6, 6.07) is 18.0. The molecule has 0 aliphatic carbocycles. The molecule has 6 heteroatoms. The highest BCUT2D eigenvalue weighted by Crippen LogP contribution is 2.23. The number of hydrogen-bond donors (Lipinski definition) is 3. The molecule has 6 nitrogen and oxygen atoms in total. The monoisotopic (exact) mass is 356 g/mol. The molecule has 0 saturated heterocycles. The van der Waals surface area contributed by atoms with Crippen molar-refractivity contribution in [3.8, 4) is 0 Å². The van der Waals surface area contributed by atoms with Crippen LogP contribution in [0.25, 0.3) is 0 Å². The lowest BCUT2D eigenvalue weighted by Crippen LogP contribution is -2.57. The first-order chi connectivity index (χ1) is 12.5. The third kappa shape index (κ3) is 4.47. The lowest BCUT2D eigenvalue weighted by atomic mass is 9.89. The highest BCUT2D eigenvalue weighted by molar-refractivity contribution is 5.89. The van der Waals surface area contributed by atoms with E-state index in [1.54, 1.807) is 30.3 Å². The zero-order chi connectivity index (χ0) is 19.0. The van der Waals surface area contributed by atoms with Gasteiger partial charge in [0.25, 0.3) is 0 Å². The van der Waals surface area contributed by atoms with Crippen LogP contribution in [0.15, 0.2) is 60.7 Å². The fraction of sp³-hybridized carbons (Fsp3) is 0.300. The van der Waals surface area contributed by atoms with E-state index >= 15 is 0 Å². The smallest absolute Gasteiger partial charge is 0.336 e. The summed E-state index contributed by atoms with van der Waals surface area (Å²) in [6.07, 6.45) is 0.431. The molecule has 0 radical (unpaired) electrons.